The van der Waals surface area contributed by atoms with Crippen molar-refractivity contribution >= 4 is 5.91 Å². The molecular weight excluding hydrogens is 278 g/mol. The highest BCUT2D eigenvalue weighted by molar-refractivity contribution is 5.86. The standard InChI is InChI=1S/C14H16F2N4O/c1-14(17,10-5-3-2-4-6-10)12(21)19-9-11-18-7-8-20(11)13(15)16/h2-8,13H,9,17H2,1H3,(H,19,21). The molecule has 0 aliphatic carbocycles. The topological polar surface area (TPSA) is 72.9 Å². The number of nitrogens with zero attached hydrogens (tertiary/aromatic N) is 2. The third-order valence-corrected chi connectivity index (χ3v) is 3.21. The van der Waals surface area contributed by atoms with Gasteiger partial charge in [0.25, 0.3) is 0 Å². The number of imidazole rings is 1. The normalized spacial score (nSPS) is 14.0. The molecule has 0 fully saturated rings. The highest BCUT2D eigenvalue weighted by Crippen LogP contribution is 2.18. The Hall–Kier alpha value is -2.28. The molecule has 0 spiro atoms. The number of hydrogen-bond donors (Lipinski definition) is 2. The van der Waals surface area contributed by atoms with Gasteiger partial charge >= 0.3 is 6.55 Å². The van der Waals surface area contributed by atoms with Crippen LogP contribution in [0.3, 0.4) is 0 Å². The monoisotopic (exact) mass is 294 g/mol. The van der Waals surface area contributed by atoms with Crippen LogP contribution in [0.15, 0.2) is 42.7 Å². The van der Waals surface area contributed by atoms with E-state index < -0.39 is 18.0 Å². The van der Waals surface area contributed by atoms with Crippen molar-refractivity contribution in [2.75, 3.05) is 0 Å². The van der Waals surface area contributed by atoms with E-state index in [4.69, 9.17) is 5.73 Å². The van der Waals surface area contributed by atoms with Crippen molar-refractivity contribution in [3.05, 3.63) is 54.1 Å². The van der Waals surface area contributed by atoms with Crippen LogP contribution < -0.4 is 11.1 Å². The number of nitrogens with one attached hydrogen (secondary N) is 1. The van der Waals surface area contributed by atoms with Crippen molar-refractivity contribution in [3.63, 3.8) is 0 Å². The number of alkyl halides is 2. The Morgan fingerprint density at radius 3 is 2.71 bits per heavy atom. The van der Waals surface area contributed by atoms with Gasteiger partial charge in [0.2, 0.25) is 5.91 Å². The molecule has 1 aromatic carbocycles. The summed E-state index contributed by atoms with van der Waals surface area (Å²) < 4.78 is 26.0. The Labute approximate surface area is 120 Å². The van der Waals surface area contributed by atoms with Crippen LogP contribution in [0, 0.1) is 0 Å². The van der Waals surface area contributed by atoms with Gasteiger partial charge in [-0.1, -0.05) is 30.3 Å². The third kappa shape index (κ3) is 3.25. The van der Waals surface area contributed by atoms with Gasteiger partial charge in [-0.15, -0.1) is 0 Å². The molecule has 0 saturated carbocycles. The number of aromatic nitrogens is 2. The molecule has 1 heterocycles. The first-order valence-corrected chi connectivity index (χ1v) is 6.35. The fourth-order valence-corrected chi connectivity index (χ4v) is 1.92. The van der Waals surface area contributed by atoms with Gasteiger partial charge < -0.3 is 11.1 Å². The molecule has 0 bridgehead atoms. The highest BCUT2D eigenvalue weighted by Gasteiger charge is 2.30. The fraction of sp³-hybridized carbons (Fsp3) is 0.286. The maximum atomic E-state index is 12.7. The SMILES string of the molecule is CC(N)(C(=O)NCc1nccn1C(F)F)c1ccccc1. The molecule has 1 atom stereocenters. The summed E-state index contributed by atoms with van der Waals surface area (Å²) in [7, 11) is 0. The van der Waals surface area contributed by atoms with Gasteiger partial charge in [-0.05, 0) is 12.5 Å². The molecule has 0 radical (unpaired) electrons. The predicted molar refractivity (Wildman–Crippen MR) is 73.3 cm³/mol. The van der Waals surface area contributed by atoms with E-state index in [9.17, 15) is 13.6 Å². The summed E-state index contributed by atoms with van der Waals surface area (Å²) in [5, 5.41) is 2.54. The van der Waals surface area contributed by atoms with Crippen molar-refractivity contribution in [2.45, 2.75) is 25.6 Å². The van der Waals surface area contributed by atoms with E-state index in [1.807, 2.05) is 6.07 Å². The lowest BCUT2D eigenvalue weighted by Crippen LogP contribution is -2.48. The molecule has 1 unspecified atom stereocenters. The first-order valence-electron chi connectivity index (χ1n) is 6.35. The Bertz CT molecular complexity index is 610. The summed E-state index contributed by atoms with van der Waals surface area (Å²) in [6, 6.07) is 8.84. The van der Waals surface area contributed by atoms with Gasteiger partial charge in [0.1, 0.15) is 11.4 Å². The number of benzene rings is 1. The van der Waals surface area contributed by atoms with E-state index in [2.05, 4.69) is 10.3 Å². The van der Waals surface area contributed by atoms with Crippen molar-refractivity contribution in [1.29, 1.82) is 0 Å². The largest absolute Gasteiger partial charge is 0.347 e. The molecule has 2 aromatic rings. The number of carbonyl (C=O) groups excluding carboxylic acids is 1. The Kier molecular flexibility index (Phi) is 4.32. The Morgan fingerprint density at radius 1 is 1.43 bits per heavy atom. The highest BCUT2D eigenvalue weighted by atomic mass is 19.3. The average molecular weight is 294 g/mol. The van der Waals surface area contributed by atoms with Crippen LogP contribution in [0.4, 0.5) is 8.78 Å². The van der Waals surface area contributed by atoms with E-state index >= 15 is 0 Å². The molecule has 3 N–H and O–H groups in total. The second-order valence-corrected chi connectivity index (χ2v) is 4.78. The maximum Gasteiger partial charge on any atom is 0.319 e. The molecule has 112 valence electrons. The maximum absolute atomic E-state index is 12.7. The first kappa shape index (κ1) is 15.1. The van der Waals surface area contributed by atoms with E-state index in [0.29, 0.717) is 10.1 Å². The number of amides is 1. The van der Waals surface area contributed by atoms with E-state index in [0.717, 1.165) is 6.20 Å². The predicted octanol–water partition coefficient (Wildman–Crippen LogP) is 1.77. The van der Waals surface area contributed by atoms with Crippen LogP contribution in [-0.2, 0) is 16.9 Å². The summed E-state index contributed by atoms with van der Waals surface area (Å²) in [5.74, 6) is -0.389. The minimum absolute atomic E-state index is 0.0715. The molecular formula is C14H16F2N4O. The first-order chi connectivity index (χ1) is 9.93. The van der Waals surface area contributed by atoms with Crippen molar-refractivity contribution in [1.82, 2.24) is 14.9 Å². The van der Waals surface area contributed by atoms with Crippen LogP contribution in [0.25, 0.3) is 0 Å². The lowest BCUT2D eigenvalue weighted by atomic mass is 9.92. The smallest absolute Gasteiger partial charge is 0.319 e. The second kappa shape index (κ2) is 6.01. The number of rotatable bonds is 5. The van der Waals surface area contributed by atoms with Gasteiger partial charge in [-0.3, -0.25) is 9.36 Å². The average Bonchev–Trinajstić information content (AvgIpc) is 2.94. The van der Waals surface area contributed by atoms with Gasteiger partial charge in [0.15, 0.2) is 0 Å². The number of nitrogens with two attached hydrogens (primary N) is 1. The molecule has 21 heavy (non-hydrogen) atoms. The lowest BCUT2D eigenvalue weighted by molar-refractivity contribution is -0.126. The Balaban J connectivity index is 2.06. The minimum atomic E-state index is -2.70. The van der Waals surface area contributed by atoms with Gasteiger partial charge in [0, 0.05) is 12.4 Å². The van der Waals surface area contributed by atoms with Crippen LogP contribution in [0.2, 0.25) is 0 Å². The van der Waals surface area contributed by atoms with Crippen LogP contribution in [0.5, 0.6) is 0 Å². The molecule has 1 amide bonds. The fourth-order valence-electron chi connectivity index (χ4n) is 1.92. The van der Waals surface area contributed by atoms with Crippen LogP contribution >= 0.6 is 0 Å². The van der Waals surface area contributed by atoms with Gasteiger partial charge in [-0.2, -0.15) is 8.78 Å². The molecule has 0 aliphatic heterocycles. The van der Waals surface area contributed by atoms with Crippen molar-refractivity contribution < 1.29 is 13.6 Å². The molecule has 1 aromatic heterocycles. The second-order valence-electron chi connectivity index (χ2n) is 4.78. The molecule has 5 nitrogen and oxygen atoms in total. The summed E-state index contributed by atoms with van der Waals surface area (Å²) in [4.78, 5) is 16.0. The van der Waals surface area contributed by atoms with Crippen molar-refractivity contribution in [2.24, 2.45) is 5.73 Å². The van der Waals surface area contributed by atoms with Crippen LogP contribution in [-0.4, -0.2) is 15.5 Å². The van der Waals surface area contributed by atoms with E-state index in [-0.39, 0.29) is 12.4 Å². The molecule has 7 heteroatoms. The number of halogens is 2. The molecule has 0 aliphatic rings. The molecule has 2 rings (SSSR count). The molecule has 0 saturated heterocycles. The minimum Gasteiger partial charge on any atom is -0.347 e. The number of carbonyl (C=O) groups is 1. The van der Waals surface area contributed by atoms with Gasteiger partial charge in [-0.25, -0.2) is 4.98 Å². The van der Waals surface area contributed by atoms with Crippen molar-refractivity contribution in [3.8, 4) is 0 Å². The summed E-state index contributed by atoms with van der Waals surface area (Å²) in [5.41, 5.74) is 5.42. The lowest BCUT2D eigenvalue weighted by Gasteiger charge is -2.24. The summed E-state index contributed by atoms with van der Waals surface area (Å²) in [6.45, 7) is -1.25. The van der Waals surface area contributed by atoms with Crippen LogP contribution in [0.1, 0.15) is 24.9 Å². The zero-order valence-electron chi connectivity index (χ0n) is 11.5. The summed E-state index contributed by atoms with van der Waals surface area (Å²) >= 11 is 0. The quantitative estimate of drug-likeness (QED) is 0.882. The Morgan fingerprint density at radius 2 is 2.10 bits per heavy atom. The zero-order valence-corrected chi connectivity index (χ0v) is 11.5. The van der Waals surface area contributed by atoms with E-state index in [1.54, 1.807) is 31.2 Å². The van der Waals surface area contributed by atoms with E-state index in [1.165, 1.54) is 6.20 Å². The van der Waals surface area contributed by atoms with Gasteiger partial charge in [0.05, 0.1) is 6.54 Å². The third-order valence-electron chi connectivity index (χ3n) is 3.21. The number of hydrogen-bond acceptors (Lipinski definition) is 3. The summed E-state index contributed by atoms with van der Waals surface area (Å²) in [6.07, 6.45) is 2.41. The zero-order chi connectivity index (χ0) is 15.5.